The summed E-state index contributed by atoms with van der Waals surface area (Å²) in [6.45, 7) is 2.14. The van der Waals surface area contributed by atoms with Crippen molar-refractivity contribution in [3.63, 3.8) is 0 Å². The van der Waals surface area contributed by atoms with E-state index in [1.165, 1.54) is 23.7 Å². The molecule has 0 aromatic heterocycles. The van der Waals surface area contributed by atoms with Gasteiger partial charge < -0.3 is 14.8 Å². The summed E-state index contributed by atoms with van der Waals surface area (Å²) in [5, 5.41) is 11.9. The van der Waals surface area contributed by atoms with Crippen molar-refractivity contribution in [3.05, 3.63) is 102 Å². The zero-order valence-electron chi connectivity index (χ0n) is 21.5. The molecule has 3 aromatic rings. The fourth-order valence-corrected chi connectivity index (χ4v) is 3.81. The van der Waals surface area contributed by atoms with E-state index in [2.05, 4.69) is 5.32 Å². The summed E-state index contributed by atoms with van der Waals surface area (Å²) in [5.74, 6) is 0.557. The second kappa shape index (κ2) is 15.6. The van der Waals surface area contributed by atoms with Crippen molar-refractivity contribution in [2.45, 2.75) is 38.0 Å². The molecule has 3 rings (SSSR count). The van der Waals surface area contributed by atoms with E-state index in [4.69, 9.17) is 14.7 Å². The van der Waals surface area contributed by atoms with Crippen molar-refractivity contribution in [1.82, 2.24) is 10.8 Å². The average Bonchev–Trinajstić information content (AvgIpc) is 2.95. The lowest BCUT2D eigenvalue weighted by Crippen LogP contribution is -2.21. The third kappa shape index (κ3) is 10.8. The first kappa shape index (κ1) is 29.7. The van der Waals surface area contributed by atoms with Gasteiger partial charge in [0.05, 0.1) is 12.2 Å². The summed E-state index contributed by atoms with van der Waals surface area (Å²) in [7, 11) is 0. The SMILES string of the molecule is O=C(/C=C/c1ccc(OCCCCCNCCC(Oc2ccc(C(F)(F)F)cc2)c2ccccc2)cc1)NO. The van der Waals surface area contributed by atoms with Crippen LogP contribution in [0.3, 0.4) is 0 Å². The van der Waals surface area contributed by atoms with Crippen LogP contribution in [0.25, 0.3) is 6.08 Å². The maximum absolute atomic E-state index is 12.9. The van der Waals surface area contributed by atoms with Crippen molar-refractivity contribution in [2.24, 2.45) is 0 Å². The van der Waals surface area contributed by atoms with Crippen molar-refractivity contribution in [3.8, 4) is 11.5 Å². The lowest BCUT2D eigenvalue weighted by Gasteiger charge is -2.20. The number of ether oxygens (including phenoxy) is 2. The Morgan fingerprint density at radius 2 is 1.56 bits per heavy atom. The Kier molecular flexibility index (Phi) is 11.9. The number of amides is 1. The van der Waals surface area contributed by atoms with E-state index in [-0.39, 0.29) is 6.10 Å². The fourth-order valence-electron chi connectivity index (χ4n) is 3.81. The van der Waals surface area contributed by atoms with Gasteiger partial charge in [-0.15, -0.1) is 0 Å². The molecule has 0 aliphatic carbocycles. The molecule has 39 heavy (non-hydrogen) atoms. The topological polar surface area (TPSA) is 79.8 Å². The number of benzene rings is 3. The van der Waals surface area contributed by atoms with Crippen LogP contribution in [0.15, 0.2) is 84.9 Å². The Labute approximate surface area is 226 Å². The molecule has 0 heterocycles. The maximum atomic E-state index is 12.9. The number of nitrogens with one attached hydrogen (secondary N) is 2. The van der Waals surface area contributed by atoms with Crippen LogP contribution >= 0.6 is 0 Å². The Morgan fingerprint density at radius 3 is 2.23 bits per heavy atom. The van der Waals surface area contributed by atoms with Gasteiger partial charge in [0, 0.05) is 12.5 Å². The number of halogens is 3. The van der Waals surface area contributed by atoms with Gasteiger partial charge >= 0.3 is 6.18 Å². The third-order valence-corrected chi connectivity index (χ3v) is 5.90. The van der Waals surface area contributed by atoms with Gasteiger partial charge in [-0.1, -0.05) is 42.5 Å². The number of rotatable bonds is 15. The molecule has 3 aromatic carbocycles. The molecule has 208 valence electrons. The quantitative estimate of drug-likeness (QED) is 0.0876. The van der Waals surface area contributed by atoms with E-state index in [0.29, 0.717) is 25.3 Å². The van der Waals surface area contributed by atoms with Gasteiger partial charge in [-0.3, -0.25) is 10.0 Å². The number of alkyl halides is 3. The van der Waals surface area contributed by atoms with Gasteiger partial charge in [-0.25, -0.2) is 5.48 Å². The second-order valence-corrected chi connectivity index (χ2v) is 8.87. The molecule has 3 N–H and O–H groups in total. The minimum Gasteiger partial charge on any atom is -0.494 e. The Bertz CT molecular complexity index is 1150. The molecule has 1 atom stereocenters. The molecule has 1 amide bonds. The Balaban J connectivity index is 1.33. The highest BCUT2D eigenvalue weighted by Crippen LogP contribution is 2.31. The lowest BCUT2D eigenvalue weighted by molar-refractivity contribution is -0.137. The molecule has 0 saturated heterocycles. The van der Waals surface area contributed by atoms with Crippen molar-refractivity contribution < 1.29 is 32.6 Å². The van der Waals surface area contributed by atoms with Crippen LogP contribution < -0.4 is 20.3 Å². The van der Waals surface area contributed by atoms with Crippen molar-refractivity contribution in [2.75, 3.05) is 19.7 Å². The molecule has 0 spiro atoms. The summed E-state index contributed by atoms with van der Waals surface area (Å²) in [6.07, 6.45) is 1.72. The van der Waals surface area contributed by atoms with Crippen LogP contribution in [-0.4, -0.2) is 30.8 Å². The van der Waals surface area contributed by atoms with E-state index in [0.717, 1.165) is 54.8 Å². The fraction of sp³-hybridized carbons (Fsp3) is 0.300. The van der Waals surface area contributed by atoms with Crippen LogP contribution in [0.5, 0.6) is 11.5 Å². The van der Waals surface area contributed by atoms with Gasteiger partial charge in [-0.05, 0) is 86.0 Å². The average molecular weight is 543 g/mol. The van der Waals surface area contributed by atoms with Crippen LogP contribution in [-0.2, 0) is 11.0 Å². The summed E-state index contributed by atoms with van der Waals surface area (Å²) in [4.78, 5) is 11.0. The summed E-state index contributed by atoms with van der Waals surface area (Å²) >= 11 is 0. The van der Waals surface area contributed by atoms with E-state index >= 15 is 0 Å². The summed E-state index contributed by atoms with van der Waals surface area (Å²) in [5.41, 5.74) is 2.62. The molecule has 0 saturated carbocycles. The normalized spacial score (nSPS) is 12.3. The van der Waals surface area contributed by atoms with Crippen LogP contribution in [0, 0.1) is 0 Å². The number of carbonyl (C=O) groups excluding carboxylic acids is 1. The molecule has 0 bridgehead atoms. The molecule has 0 radical (unpaired) electrons. The Morgan fingerprint density at radius 1 is 0.872 bits per heavy atom. The number of carbonyl (C=O) groups is 1. The second-order valence-electron chi connectivity index (χ2n) is 8.87. The summed E-state index contributed by atoms with van der Waals surface area (Å²) < 4.78 is 50.4. The largest absolute Gasteiger partial charge is 0.494 e. The molecule has 6 nitrogen and oxygen atoms in total. The van der Waals surface area contributed by atoms with Crippen LogP contribution in [0.2, 0.25) is 0 Å². The molecule has 0 aliphatic heterocycles. The van der Waals surface area contributed by atoms with E-state index in [1.807, 2.05) is 54.6 Å². The van der Waals surface area contributed by atoms with Crippen molar-refractivity contribution >= 4 is 12.0 Å². The molecule has 1 unspecified atom stereocenters. The smallest absolute Gasteiger partial charge is 0.416 e. The maximum Gasteiger partial charge on any atom is 0.416 e. The van der Waals surface area contributed by atoms with Gasteiger partial charge in [0.15, 0.2) is 0 Å². The number of unbranched alkanes of at least 4 members (excludes halogenated alkanes) is 2. The Hall–Kier alpha value is -3.82. The molecular formula is C30H33F3N2O4. The molecular weight excluding hydrogens is 509 g/mol. The van der Waals surface area contributed by atoms with Gasteiger partial charge in [-0.2, -0.15) is 13.2 Å². The van der Waals surface area contributed by atoms with Crippen LogP contribution in [0.4, 0.5) is 13.2 Å². The zero-order chi connectivity index (χ0) is 27.9. The first-order valence-electron chi connectivity index (χ1n) is 12.8. The number of hydroxylamine groups is 1. The highest BCUT2D eigenvalue weighted by atomic mass is 19.4. The van der Waals surface area contributed by atoms with E-state index in [1.54, 1.807) is 6.08 Å². The predicted molar refractivity (Wildman–Crippen MR) is 143 cm³/mol. The standard InChI is InChI=1S/C30H33F3N2O4/c31-30(32,33)25-12-16-27(17-13-25)39-28(24-7-3-1-4-8-24)19-21-34-20-5-2-6-22-38-26-14-9-23(10-15-26)11-18-29(36)35-37/h1,3-4,7-18,28,34,37H,2,5-6,19-22H2,(H,35,36)/b18-11+. The third-order valence-electron chi connectivity index (χ3n) is 5.90. The molecule has 9 heteroatoms. The lowest BCUT2D eigenvalue weighted by atomic mass is 10.1. The number of hydrogen-bond donors (Lipinski definition) is 3. The molecule has 0 fully saturated rings. The first-order valence-corrected chi connectivity index (χ1v) is 12.8. The zero-order valence-corrected chi connectivity index (χ0v) is 21.5. The minimum atomic E-state index is -4.38. The predicted octanol–water partition coefficient (Wildman–Crippen LogP) is 6.57. The monoisotopic (exact) mass is 542 g/mol. The highest BCUT2D eigenvalue weighted by Gasteiger charge is 2.30. The minimum absolute atomic E-state index is 0.280. The van der Waals surface area contributed by atoms with E-state index < -0.39 is 17.6 Å². The first-order chi connectivity index (χ1) is 18.8. The van der Waals surface area contributed by atoms with Crippen molar-refractivity contribution in [1.29, 1.82) is 0 Å². The molecule has 0 aliphatic rings. The van der Waals surface area contributed by atoms with Crippen LogP contribution in [0.1, 0.15) is 48.5 Å². The van der Waals surface area contributed by atoms with Gasteiger partial charge in [0.25, 0.3) is 5.91 Å². The van der Waals surface area contributed by atoms with Gasteiger partial charge in [0.1, 0.15) is 17.6 Å². The number of hydrogen-bond acceptors (Lipinski definition) is 5. The van der Waals surface area contributed by atoms with Gasteiger partial charge in [0.2, 0.25) is 0 Å². The van der Waals surface area contributed by atoms with E-state index in [9.17, 15) is 18.0 Å². The summed E-state index contributed by atoms with van der Waals surface area (Å²) in [6, 6.07) is 21.7. The highest BCUT2D eigenvalue weighted by molar-refractivity contribution is 5.90.